The molecule has 1 aliphatic heterocycles. The monoisotopic (exact) mass is 435 g/mol. The Morgan fingerprint density at radius 1 is 1.06 bits per heavy atom. The van der Waals surface area contributed by atoms with Crippen LogP contribution in [0.3, 0.4) is 0 Å². The Morgan fingerprint density at radius 2 is 1.84 bits per heavy atom. The van der Waals surface area contributed by atoms with Crippen LogP contribution in [0.15, 0.2) is 72.8 Å². The Kier molecular flexibility index (Phi) is 6.23. The molecule has 5 nitrogen and oxygen atoms in total. The van der Waals surface area contributed by atoms with E-state index < -0.39 is 5.82 Å². The third kappa shape index (κ3) is 4.56. The molecule has 3 aromatic rings. The quantitative estimate of drug-likeness (QED) is 0.532. The average molecular weight is 436 g/mol. The van der Waals surface area contributed by atoms with Crippen LogP contribution in [0.2, 0.25) is 0 Å². The minimum Gasteiger partial charge on any atom is -0.308 e. The lowest BCUT2D eigenvalue weighted by atomic mass is 10.1. The molecular formula is C24H22FN3O2S. The summed E-state index contributed by atoms with van der Waals surface area (Å²) in [4.78, 5) is 26.5. The van der Waals surface area contributed by atoms with Crippen molar-refractivity contribution in [2.45, 2.75) is 18.7 Å². The molecule has 0 radical (unpaired) electrons. The van der Waals surface area contributed by atoms with Gasteiger partial charge in [-0.15, -0.1) is 11.8 Å². The molecule has 3 amide bonds. The molecule has 0 bridgehead atoms. The van der Waals surface area contributed by atoms with Crippen molar-refractivity contribution in [3.05, 3.63) is 89.7 Å². The summed E-state index contributed by atoms with van der Waals surface area (Å²) < 4.78 is 14.4. The minimum atomic E-state index is -0.438. The van der Waals surface area contributed by atoms with Crippen LogP contribution < -0.4 is 15.5 Å². The van der Waals surface area contributed by atoms with Crippen LogP contribution in [0.5, 0.6) is 0 Å². The van der Waals surface area contributed by atoms with E-state index in [0.29, 0.717) is 5.69 Å². The largest absolute Gasteiger partial charge is 0.323 e. The molecule has 1 atom stereocenters. The van der Waals surface area contributed by atoms with Crippen LogP contribution in [0, 0.1) is 5.82 Å². The molecule has 0 spiro atoms. The van der Waals surface area contributed by atoms with Crippen LogP contribution >= 0.6 is 11.8 Å². The number of para-hydroxylation sites is 2. The van der Waals surface area contributed by atoms with E-state index in [1.807, 2.05) is 49.4 Å². The number of nitrogens with zero attached hydrogens (tertiary/aromatic N) is 1. The first-order chi connectivity index (χ1) is 15.1. The maximum absolute atomic E-state index is 14.4. The zero-order chi connectivity index (χ0) is 21.8. The third-order valence-corrected chi connectivity index (χ3v) is 6.27. The van der Waals surface area contributed by atoms with Gasteiger partial charge in [-0.2, -0.15) is 0 Å². The number of thioether (sulfide) groups is 1. The Bertz CT molecular complexity index is 1120. The van der Waals surface area contributed by atoms with Gasteiger partial charge in [0, 0.05) is 11.4 Å². The molecule has 1 heterocycles. The third-order valence-electron chi connectivity index (χ3n) is 5.06. The number of carbonyl (C=O) groups excluding carboxylic acids is 2. The van der Waals surface area contributed by atoms with Gasteiger partial charge in [0.15, 0.2) is 0 Å². The SMILES string of the molecule is CCc1ccccc1NC(=O)Nc1cccc(C2SCC(=O)N2c2ccccc2F)c1. The highest BCUT2D eigenvalue weighted by Crippen LogP contribution is 2.42. The topological polar surface area (TPSA) is 61.4 Å². The first kappa shape index (κ1) is 20.9. The lowest BCUT2D eigenvalue weighted by Gasteiger charge is -2.25. The standard InChI is InChI=1S/C24H22FN3O2S/c1-2-16-8-3-5-12-20(16)27-24(30)26-18-10-7-9-17(14-18)23-28(22(29)15-31-23)21-13-6-4-11-19(21)25/h3-14,23H,2,15H2,1H3,(H2,26,27,30). The van der Waals surface area contributed by atoms with Crippen molar-refractivity contribution in [3.63, 3.8) is 0 Å². The predicted octanol–water partition coefficient (Wildman–Crippen LogP) is 5.81. The summed E-state index contributed by atoms with van der Waals surface area (Å²) in [6.07, 6.45) is 0.810. The van der Waals surface area contributed by atoms with Crippen LogP contribution in [0.1, 0.15) is 23.4 Å². The summed E-state index contributed by atoms with van der Waals surface area (Å²) >= 11 is 1.43. The van der Waals surface area contributed by atoms with Gasteiger partial charge in [0.05, 0.1) is 11.4 Å². The molecule has 7 heteroatoms. The maximum Gasteiger partial charge on any atom is 0.323 e. The number of anilines is 3. The number of halogens is 1. The maximum atomic E-state index is 14.4. The second kappa shape index (κ2) is 9.22. The molecule has 31 heavy (non-hydrogen) atoms. The molecule has 0 saturated carbocycles. The van der Waals surface area contributed by atoms with Crippen LogP contribution in [-0.4, -0.2) is 17.7 Å². The van der Waals surface area contributed by atoms with Gasteiger partial charge in [-0.1, -0.05) is 49.4 Å². The number of carbonyl (C=O) groups is 2. The van der Waals surface area contributed by atoms with Crippen LogP contribution in [-0.2, 0) is 11.2 Å². The normalized spacial score (nSPS) is 15.7. The Balaban J connectivity index is 1.53. The van der Waals surface area contributed by atoms with E-state index in [4.69, 9.17) is 0 Å². The summed E-state index contributed by atoms with van der Waals surface area (Å²) in [5, 5.41) is 5.36. The lowest BCUT2D eigenvalue weighted by molar-refractivity contribution is -0.115. The summed E-state index contributed by atoms with van der Waals surface area (Å²) in [6, 6.07) is 20.8. The highest BCUT2D eigenvalue weighted by molar-refractivity contribution is 8.00. The van der Waals surface area contributed by atoms with Crippen molar-refractivity contribution in [3.8, 4) is 0 Å². The zero-order valence-electron chi connectivity index (χ0n) is 17.0. The number of hydrogen-bond acceptors (Lipinski definition) is 3. The number of aryl methyl sites for hydroxylation is 1. The molecule has 2 N–H and O–H groups in total. The number of urea groups is 1. The van der Waals surface area contributed by atoms with Gasteiger partial charge in [0.25, 0.3) is 0 Å². The highest BCUT2D eigenvalue weighted by atomic mass is 32.2. The Hall–Kier alpha value is -3.32. The first-order valence-corrected chi connectivity index (χ1v) is 11.1. The molecular weight excluding hydrogens is 413 g/mol. The second-order valence-corrected chi connectivity index (χ2v) is 8.16. The van der Waals surface area contributed by atoms with Crippen molar-refractivity contribution in [1.82, 2.24) is 0 Å². The van der Waals surface area contributed by atoms with Crippen LogP contribution in [0.4, 0.5) is 26.2 Å². The zero-order valence-corrected chi connectivity index (χ0v) is 17.8. The molecule has 0 aliphatic carbocycles. The smallest absolute Gasteiger partial charge is 0.308 e. The minimum absolute atomic E-state index is 0.146. The van der Waals surface area contributed by atoms with E-state index >= 15 is 0 Å². The molecule has 1 aliphatic rings. The number of benzene rings is 3. The fourth-order valence-electron chi connectivity index (χ4n) is 3.58. The number of amides is 3. The van der Waals surface area contributed by atoms with Crippen molar-refractivity contribution in [2.24, 2.45) is 0 Å². The lowest BCUT2D eigenvalue weighted by Crippen LogP contribution is -2.28. The van der Waals surface area contributed by atoms with Gasteiger partial charge in [-0.3, -0.25) is 9.69 Å². The summed E-state index contributed by atoms with van der Waals surface area (Å²) in [7, 11) is 0. The van der Waals surface area contributed by atoms with E-state index in [0.717, 1.165) is 23.2 Å². The average Bonchev–Trinajstić information content (AvgIpc) is 3.16. The van der Waals surface area contributed by atoms with Crippen molar-refractivity contribution in [2.75, 3.05) is 21.3 Å². The number of nitrogens with one attached hydrogen (secondary N) is 2. The summed E-state index contributed by atoms with van der Waals surface area (Å²) in [5.41, 5.74) is 3.48. The van der Waals surface area contributed by atoms with Crippen molar-refractivity contribution >= 4 is 40.8 Å². The van der Waals surface area contributed by atoms with Gasteiger partial charge in [0.1, 0.15) is 11.2 Å². The molecule has 158 valence electrons. The highest BCUT2D eigenvalue weighted by Gasteiger charge is 2.35. The Morgan fingerprint density at radius 3 is 2.65 bits per heavy atom. The van der Waals surface area contributed by atoms with Gasteiger partial charge in [0.2, 0.25) is 5.91 Å². The molecule has 1 saturated heterocycles. The molecule has 4 rings (SSSR count). The van der Waals surface area contributed by atoms with E-state index in [2.05, 4.69) is 10.6 Å². The molecule has 1 unspecified atom stereocenters. The van der Waals surface area contributed by atoms with Gasteiger partial charge in [-0.25, -0.2) is 9.18 Å². The van der Waals surface area contributed by atoms with Gasteiger partial charge in [-0.05, 0) is 47.9 Å². The fraction of sp³-hybridized carbons (Fsp3) is 0.167. The van der Waals surface area contributed by atoms with Crippen molar-refractivity contribution in [1.29, 1.82) is 0 Å². The second-order valence-electron chi connectivity index (χ2n) is 7.09. The molecule has 3 aromatic carbocycles. The van der Waals surface area contributed by atoms with Crippen molar-refractivity contribution < 1.29 is 14.0 Å². The van der Waals surface area contributed by atoms with E-state index in [9.17, 15) is 14.0 Å². The Labute approximate surface area is 184 Å². The molecule has 0 aromatic heterocycles. The summed E-state index contributed by atoms with van der Waals surface area (Å²) in [6.45, 7) is 2.03. The summed E-state index contributed by atoms with van der Waals surface area (Å²) in [5.74, 6) is -0.315. The predicted molar refractivity (Wildman–Crippen MR) is 124 cm³/mol. The van der Waals surface area contributed by atoms with E-state index in [1.54, 1.807) is 24.3 Å². The number of rotatable bonds is 5. The molecule has 1 fully saturated rings. The number of hydrogen-bond donors (Lipinski definition) is 2. The van der Waals surface area contributed by atoms with Gasteiger partial charge < -0.3 is 10.6 Å². The van der Waals surface area contributed by atoms with E-state index in [-0.39, 0.29) is 28.8 Å². The van der Waals surface area contributed by atoms with Crippen LogP contribution in [0.25, 0.3) is 0 Å². The fourth-order valence-corrected chi connectivity index (χ4v) is 4.74. The van der Waals surface area contributed by atoms with E-state index in [1.165, 1.54) is 22.7 Å². The van der Waals surface area contributed by atoms with Gasteiger partial charge >= 0.3 is 6.03 Å². The first-order valence-electron chi connectivity index (χ1n) is 10.0.